The van der Waals surface area contributed by atoms with Crippen molar-refractivity contribution < 1.29 is 36.8 Å². The molecule has 5 rings (SSSR count). The summed E-state index contributed by atoms with van der Waals surface area (Å²) < 4.78 is 50.1. The van der Waals surface area contributed by atoms with Crippen LogP contribution in [0.4, 0.5) is 8.78 Å². The van der Waals surface area contributed by atoms with Crippen molar-refractivity contribution in [3.8, 4) is 0 Å². The van der Waals surface area contributed by atoms with Gasteiger partial charge in [-0.2, -0.15) is 0 Å². The van der Waals surface area contributed by atoms with E-state index in [1.165, 1.54) is 30.5 Å². The number of ketones is 1. The smallest absolute Gasteiger partial charge is 0.375 e. The van der Waals surface area contributed by atoms with Gasteiger partial charge in [0, 0.05) is 45.0 Å². The second kappa shape index (κ2) is 8.34. The Balaban J connectivity index is 1.66. The summed E-state index contributed by atoms with van der Waals surface area (Å²) in [7, 11) is 2.11. The molecule has 10 heteroatoms. The molecule has 2 saturated carbocycles. The van der Waals surface area contributed by atoms with E-state index in [9.17, 15) is 14.4 Å². The lowest BCUT2D eigenvalue weighted by atomic mass is 9.45. The van der Waals surface area contributed by atoms with Gasteiger partial charge in [-0.1, -0.05) is 19.9 Å². The van der Waals surface area contributed by atoms with E-state index in [1.807, 2.05) is 0 Å². The molecule has 1 aromatic rings. The Morgan fingerprint density at radius 3 is 2.61 bits per heavy atom. The van der Waals surface area contributed by atoms with Crippen molar-refractivity contribution >= 4 is 39.0 Å². The number of esters is 1. The SMILES string of the molecule is C[C@@H]1CC2C3CC(F)=C4CC(=O)C=C[C@]4(C)[C@@]3(F)[C@@H](OP)C[C@]2(C)[C@@]1(OC(=O)c1ccco1)C(=O)S. The van der Waals surface area contributed by atoms with Crippen molar-refractivity contribution in [2.75, 3.05) is 0 Å². The van der Waals surface area contributed by atoms with Gasteiger partial charge in [-0.25, -0.2) is 13.6 Å². The van der Waals surface area contributed by atoms with Gasteiger partial charge in [-0.15, -0.1) is 12.6 Å². The van der Waals surface area contributed by atoms with Crippen LogP contribution < -0.4 is 0 Å². The van der Waals surface area contributed by atoms with E-state index < -0.39 is 62.9 Å². The number of furan rings is 1. The third kappa shape index (κ3) is 3.05. The van der Waals surface area contributed by atoms with E-state index in [2.05, 4.69) is 22.1 Å². The van der Waals surface area contributed by atoms with E-state index >= 15 is 8.78 Å². The van der Waals surface area contributed by atoms with E-state index in [4.69, 9.17) is 13.7 Å². The molecule has 2 fully saturated rings. The maximum Gasteiger partial charge on any atom is 0.375 e. The molecule has 0 aliphatic heterocycles. The first kappa shape index (κ1) is 25.8. The van der Waals surface area contributed by atoms with Gasteiger partial charge in [0.15, 0.2) is 17.1 Å². The molecule has 0 bridgehead atoms. The molecular formula is C26H29F2O6PS. The van der Waals surface area contributed by atoms with Crippen LogP contribution in [-0.4, -0.2) is 34.2 Å². The monoisotopic (exact) mass is 538 g/mol. The zero-order valence-corrected chi connectivity index (χ0v) is 22.3. The molecule has 6 nitrogen and oxygen atoms in total. The topological polar surface area (TPSA) is 82.8 Å². The van der Waals surface area contributed by atoms with Crippen LogP contribution in [0.15, 0.2) is 46.4 Å². The summed E-state index contributed by atoms with van der Waals surface area (Å²) in [5.41, 5.74) is -6.15. The number of alkyl halides is 1. The van der Waals surface area contributed by atoms with Crippen LogP contribution in [0.1, 0.15) is 57.0 Å². The molecule has 36 heavy (non-hydrogen) atoms. The standard InChI is InChI=1S/C26H29F2O6PS/c1-13-9-15-16-11-18(27)17-10-14(29)6-7-23(17,2)25(16,28)20(34-35)12-24(15,3)26(13,22(31)36)33-21(30)19-5-4-8-32-19/h4-8,13,15-16,20H,9-12,35H2,1-3H3,(H,31,36)/t13-,15?,16?,20+,23+,24+,25+,26+/m1/s1. The molecular weight excluding hydrogens is 509 g/mol. The highest BCUT2D eigenvalue weighted by atomic mass is 32.1. The maximum atomic E-state index is 17.6. The fourth-order valence-electron chi connectivity index (χ4n) is 7.92. The predicted octanol–water partition coefficient (Wildman–Crippen LogP) is 5.36. The van der Waals surface area contributed by atoms with Gasteiger partial charge < -0.3 is 13.7 Å². The van der Waals surface area contributed by atoms with Crippen LogP contribution in [0.3, 0.4) is 0 Å². The van der Waals surface area contributed by atoms with Crippen LogP contribution in [0.2, 0.25) is 0 Å². The number of carbonyl (C=O) groups is 3. The molecule has 194 valence electrons. The number of hydrogen-bond acceptors (Lipinski definition) is 6. The lowest BCUT2D eigenvalue weighted by Crippen LogP contribution is -2.69. The quantitative estimate of drug-likeness (QED) is 0.316. The highest BCUT2D eigenvalue weighted by molar-refractivity contribution is 7.96. The molecule has 1 aromatic heterocycles. The number of ether oxygens (including phenoxy) is 1. The highest BCUT2D eigenvalue weighted by Crippen LogP contribution is 2.72. The molecule has 0 saturated heterocycles. The van der Waals surface area contributed by atoms with E-state index in [0.29, 0.717) is 6.42 Å². The summed E-state index contributed by atoms with van der Waals surface area (Å²) >= 11 is 4.18. The van der Waals surface area contributed by atoms with E-state index in [-0.39, 0.29) is 36.4 Å². The molecule has 3 unspecified atom stereocenters. The van der Waals surface area contributed by atoms with E-state index in [0.717, 1.165) is 0 Å². The number of rotatable bonds is 4. The van der Waals surface area contributed by atoms with Crippen molar-refractivity contribution in [1.29, 1.82) is 0 Å². The van der Waals surface area contributed by atoms with Gasteiger partial charge in [0.25, 0.3) is 0 Å². The molecule has 0 spiro atoms. The van der Waals surface area contributed by atoms with Gasteiger partial charge in [-0.05, 0) is 49.5 Å². The second-order valence-corrected chi connectivity index (χ2v) is 11.7. The normalized spacial score (nSPS) is 43.6. The Hall–Kier alpha value is -1.83. The summed E-state index contributed by atoms with van der Waals surface area (Å²) in [6.07, 6.45) is 2.92. The Labute approximate surface area is 215 Å². The highest BCUT2D eigenvalue weighted by Gasteiger charge is 2.77. The molecule has 0 N–H and O–H groups in total. The number of thiol groups is 1. The molecule has 0 amide bonds. The fraction of sp³-hybridized carbons (Fsp3) is 0.577. The van der Waals surface area contributed by atoms with Crippen molar-refractivity contribution in [3.05, 3.63) is 47.7 Å². The van der Waals surface area contributed by atoms with Crippen LogP contribution in [0.25, 0.3) is 0 Å². The summed E-state index contributed by atoms with van der Waals surface area (Å²) in [5, 5.41) is -0.657. The van der Waals surface area contributed by atoms with Gasteiger partial charge in [-0.3, -0.25) is 9.59 Å². The van der Waals surface area contributed by atoms with Crippen LogP contribution >= 0.6 is 22.1 Å². The third-order valence-corrected chi connectivity index (χ3v) is 10.3. The largest absolute Gasteiger partial charge is 0.457 e. The summed E-state index contributed by atoms with van der Waals surface area (Å²) in [6, 6.07) is 2.96. The van der Waals surface area contributed by atoms with Crippen molar-refractivity contribution in [3.63, 3.8) is 0 Å². The average Bonchev–Trinajstić information content (AvgIpc) is 3.43. The predicted molar refractivity (Wildman–Crippen MR) is 132 cm³/mol. The van der Waals surface area contributed by atoms with Crippen molar-refractivity contribution in [2.45, 2.75) is 63.8 Å². The fourth-order valence-corrected chi connectivity index (χ4v) is 8.73. The van der Waals surface area contributed by atoms with Crippen molar-refractivity contribution in [1.82, 2.24) is 0 Å². The Bertz CT molecular complexity index is 1200. The minimum absolute atomic E-state index is 0.0164. The van der Waals surface area contributed by atoms with Crippen LogP contribution in [-0.2, 0) is 18.8 Å². The Morgan fingerprint density at radius 2 is 2.00 bits per heavy atom. The Kier molecular flexibility index (Phi) is 5.98. The minimum Gasteiger partial charge on any atom is -0.457 e. The second-order valence-electron chi connectivity index (χ2n) is 11.0. The Morgan fingerprint density at radius 1 is 1.28 bits per heavy atom. The number of allylic oxidation sites excluding steroid dienone is 4. The summed E-state index contributed by atoms with van der Waals surface area (Å²) in [6.45, 7) is 5.16. The summed E-state index contributed by atoms with van der Waals surface area (Å²) in [4.78, 5) is 38.4. The zero-order valence-electron chi connectivity index (χ0n) is 20.3. The molecule has 1 heterocycles. The first-order chi connectivity index (χ1) is 16.9. The third-order valence-electron chi connectivity index (χ3n) is 9.63. The van der Waals surface area contributed by atoms with Crippen LogP contribution in [0.5, 0.6) is 0 Å². The first-order valence-corrected chi connectivity index (χ1v) is 12.9. The lowest BCUT2D eigenvalue weighted by molar-refractivity contribution is -0.205. The maximum absolute atomic E-state index is 17.6. The van der Waals surface area contributed by atoms with Crippen LogP contribution in [0, 0.1) is 28.6 Å². The molecule has 4 aliphatic rings. The van der Waals surface area contributed by atoms with Gasteiger partial charge in [0.1, 0.15) is 5.83 Å². The number of halogens is 2. The first-order valence-electron chi connectivity index (χ1n) is 12.0. The molecule has 0 radical (unpaired) electrons. The van der Waals surface area contributed by atoms with E-state index in [1.54, 1.807) is 20.8 Å². The van der Waals surface area contributed by atoms with Gasteiger partial charge >= 0.3 is 5.97 Å². The summed E-state index contributed by atoms with van der Waals surface area (Å²) in [5.74, 6) is -3.64. The van der Waals surface area contributed by atoms with Gasteiger partial charge in [0.05, 0.1) is 12.4 Å². The number of fused-ring (bicyclic) bond motifs is 5. The zero-order chi connectivity index (χ0) is 26.3. The molecule has 0 aromatic carbocycles. The van der Waals surface area contributed by atoms with Gasteiger partial charge in [0.2, 0.25) is 10.9 Å². The molecule has 9 atom stereocenters. The molecule has 4 aliphatic carbocycles. The average molecular weight is 539 g/mol. The minimum atomic E-state index is -2.07. The lowest BCUT2D eigenvalue weighted by Gasteiger charge is -2.62. The van der Waals surface area contributed by atoms with Crippen molar-refractivity contribution in [2.24, 2.45) is 28.6 Å². The number of hydrogen-bond donors (Lipinski definition) is 1. The number of carbonyl (C=O) groups excluding carboxylic acids is 3.